The second kappa shape index (κ2) is 12.1. The van der Waals surface area contributed by atoms with Crippen molar-refractivity contribution in [1.82, 2.24) is 0 Å². The minimum atomic E-state index is -1.56. The molecule has 0 aromatic heterocycles. The molecule has 5 aromatic carbocycles. The Morgan fingerprint density at radius 1 is 0.615 bits per heavy atom. The molecule has 0 spiro atoms. The lowest BCUT2D eigenvalue weighted by molar-refractivity contribution is -0.0195. The number of fused-ring (bicyclic) bond motifs is 3. The van der Waals surface area contributed by atoms with Gasteiger partial charge in [0.25, 0.3) is 0 Å². The molecule has 52 heavy (non-hydrogen) atoms. The molecule has 0 fully saturated rings. The van der Waals surface area contributed by atoms with Crippen molar-refractivity contribution >= 4 is 16.7 Å². The zero-order valence-electron chi connectivity index (χ0n) is 26.4. The summed E-state index contributed by atoms with van der Waals surface area (Å²) in [6.45, 7) is 0. The lowest BCUT2D eigenvalue weighted by atomic mass is 9.91. The van der Waals surface area contributed by atoms with Crippen LogP contribution in [0.1, 0.15) is 44.8 Å². The van der Waals surface area contributed by atoms with E-state index in [4.69, 9.17) is 14.2 Å². The Morgan fingerprint density at radius 2 is 1.19 bits per heavy atom. The van der Waals surface area contributed by atoms with E-state index in [1.807, 2.05) is 0 Å². The van der Waals surface area contributed by atoms with Gasteiger partial charge in [0.15, 0.2) is 40.6 Å². The minimum Gasteiger partial charge on any atom is -0.508 e. The van der Waals surface area contributed by atoms with Crippen molar-refractivity contribution in [2.45, 2.75) is 37.3 Å². The summed E-state index contributed by atoms with van der Waals surface area (Å²) in [5.74, 6) is -8.26. The number of aliphatic hydroxyl groups is 1. The summed E-state index contributed by atoms with van der Waals surface area (Å²) in [4.78, 5) is 26.7. The van der Waals surface area contributed by atoms with Crippen LogP contribution in [0.2, 0.25) is 0 Å². The van der Waals surface area contributed by atoms with E-state index in [9.17, 15) is 65.8 Å². The molecule has 16 heteroatoms. The van der Waals surface area contributed by atoms with Crippen molar-refractivity contribution in [1.29, 1.82) is 0 Å². The molecule has 2 aliphatic heterocycles. The molecule has 16 nitrogen and oxygen atoms in total. The summed E-state index contributed by atoms with van der Waals surface area (Å²) in [5.41, 5.74) is -1.61. The van der Waals surface area contributed by atoms with Crippen LogP contribution in [0, 0.1) is 0 Å². The van der Waals surface area contributed by atoms with Crippen molar-refractivity contribution in [2.75, 3.05) is 0 Å². The van der Waals surface area contributed by atoms with Gasteiger partial charge in [0.1, 0.15) is 46.7 Å². The molecule has 2 heterocycles. The molecule has 2 aliphatic rings. The number of carbonyl (C=O) groups is 1. The molecular weight excluding hydrogens is 688 g/mol. The molecule has 5 aromatic rings. The fraction of sp³-hybridized carbons (Fsp3) is 0.167. The molecule has 0 amide bonds. The number of aliphatic hydroxyl groups excluding tert-OH is 1. The molecule has 0 aliphatic carbocycles. The molecule has 0 saturated carbocycles. The highest BCUT2D eigenvalue weighted by atomic mass is 16.6. The number of phenols is 9. The van der Waals surface area contributed by atoms with Crippen molar-refractivity contribution in [3.63, 3.8) is 0 Å². The lowest BCUT2D eigenvalue weighted by Crippen LogP contribution is -2.35. The number of aromatic hydroxyl groups is 10. The van der Waals surface area contributed by atoms with E-state index < -0.39 is 92.8 Å². The van der Waals surface area contributed by atoms with Gasteiger partial charge in [-0.2, -0.15) is 0 Å². The fourth-order valence-corrected chi connectivity index (χ4v) is 6.50. The molecule has 11 N–H and O–H groups in total. The third-order valence-electron chi connectivity index (χ3n) is 8.97. The highest BCUT2D eigenvalue weighted by molar-refractivity contribution is 5.93. The summed E-state index contributed by atoms with van der Waals surface area (Å²) in [7, 11) is 0. The molecule has 0 radical (unpaired) electrons. The summed E-state index contributed by atoms with van der Waals surface area (Å²) in [5, 5.41) is 114. The summed E-state index contributed by atoms with van der Waals surface area (Å²) >= 11 is 0. The van der Waals surface area contributed by atoms with Crippen LogP contribution in [0.3, 0.4) is 0 Å². The number of esters is 1. The molecule has 4 atom stereocenters. The number of carbonyl (C=O) groups excluding carboxylic acids is 1. The largest absolute Gasteiger partial charge is 0.508 e. The first-order valence-electron chi connectivity index (χ1n) is 15.4. The molecule has 0 bridgehead atoms. The van der Waals surface area contributed by atoms with Crippen LogP contribution in [-0.2, 0) is 17.6 Å². The van der Waals surface area contributed by atoms with Crippen LogP contribution in [-0.4, -0.2) is 74.3 Å². The van der Waals surface area contributed by atoms with Crippen LogP contribution >= 0.6 is 0 Å². The third kappa shape index (κ3) is 5.56. The summed E-state index contributed by atoms with van der Waals surface area (Å²) in [6, 6.07) is 9.44. The first-order chi connectivity index (χ1) is 24.6. The zero-order chi connectivity index (χ0) is 37.3. The molecular formula is C36H28O16. The van der Waals surface area contributed by atoms with Crippen LogP contribution in [0.15, 0.2) is 59.4 Å². The van der Waals surface area contributed by atoms with Gasteiger partial charge in [-0.3, -0.25) is 4.79 Å². The second-order valence-corrected chi connectivity index (χ2v) is 12.4. The van der Waals surface area contributed by atoms with Crippen molar-refractivity contribution in [3.8, 4) is 69.0 Å². The lowest BCUT2D eigenvalue weighted by Gasteiger charge is -2.34. The molecule has 7 rings (SSSR count). The standard InChI is InChI=1S/C36H28O16/c37-15-6-20(39)17-10-25(44)34(50-26(17)8-15)13-1-12-2-19(30(45)33(48)29(12)32(47)24(43)3-13)35-28(11-18-21(40)7-16(38)9-27(18)51-35)52-36(49)14-4-22(41)31(46)23(42)5-14/h1-9,25,28,34-35,37-42,44-46,48H,10-11H2,(H,43,47). The normalized spacial score (nSPS) is 19.2. The van der Waals surface area contributed by atoms with Gasteiger partial charge in [0.2, 0.25) is 5.43 Å². The Labute approximate surface area is 290 Å². The molecule has 4 unspecified atom stereocenters. The van der Waals surface area contributed by atoms with Crippen molar-refractivity contribution < 1.29 is 75.2 Å². The van der Waals surface area contributed by atoms with Crippen molar-refractivity contribution in [2.24, 2.45) is 0 Å². The Balaban J connectivity index is 1.37. The number of hydrogen-bond acceptors (Lipinski definition) is 16. The maximum Gasteiger partial charge on any atom is 0.338 e. The van der Waals surface area contributed by atoms with Gasteiger partial charge in [-0.05, 0) is 41.3 Å². The van der Waals surface area contributed by atoms with Crippen molar-refractivity contribution in [3.05, 3.63) is 92.6 Å². The SMILES string of the molecule is O=C(OC1Cc2c(O)cc(O)cc2OC1c1cc2cc(C3Oc4cc(O)cc(O)c4CC3O)cc(O)c(=O)c2c(O)c1O)c1cc(O)c(O)c(O)c1. The maximum atomic E-state index is 13.4. The highest BCUT2D eigenvalue weighted by Crippen LogP contribution is 2.49. The third-order valence-corrected chi connectivity index (χ3v) is 8.97. The van der Waals surface area contributed by atoms with Gasteiger partial charge in [-0.15, -0.1) is 0 Å². The predicted molar refractivity (Wildman–Crippen MR) is 176 cm³/mol. The van der Waals surface area contributed by atoms with Gasteiger partial charge in [-0.1, -0.05) is 0 Å². The van der Waals surface area contributed by atoms with E-state index in [0.717, 1.165) is 36.4 Å². The van der Waals surface area contributed by atoms with Crippen LogP contribution in [0.4, 0.5) is 0 Å². The van der Waals surface area contributed by atoms with Gasteiger partial charge in [0, 0.05) is 53.8 Å². The number of rotatable bonds is 4. The summed E-state index contributed by atoms with van der Waals surface area (Å²) in [6.07, 6.45) is -6.17. The van der Waals surface area contributed by atoms with Crippen LogP contribution < -0.4 is 14.9 Å². The summed E-state index contributed by atoms with van der Waals surface area (Å²) < 4.78 is 17.6. The Kier molecular flexibility index (Phi) is 7.83. The van der Waals surface area contributed by atoms with E-state index in [1.54, 1.807) is 0 Å². The molecule has 0 saturated heterocycles. The predicted octanol–water partition coefficient (Wildman–Crippen LogP) is 3.19. The second-order valence-electron chi connectivity index (χ2n) is 12.4. The van der Waals surface area contributed by atoms with Crippen LogP contribution in [0.25, 0.3) is 10.8 Å². The van der Waals surface area contributed by atoms with E-state index in [2.05, 4.69) is 0 Å². The van der Waals surface area contributed by atoms with Crippen LogP contribution in [0.5, 0.6) is 69.0 Å². The topological polar surface area (TPSA) is 284 Å². The van der Waals surface area contributed by atoms with E-state index in [0.29, 0.717) is 0 Å². The highest BCUT2D eigenvalue weighted by Gasteiger charge is 2.40. The minimum absolute atomic E-state index is 0.00679. The Morgan fingerprint density at radius 3 is 1.81 bits per heavy atom. The average Bonchev–Trinajstić information content (AvgIpc) is 3.20. The smallest absolute Gasteiger partial charge is 0.338 e. The van der Waals surface area contributed by atoms with E-state index >= 15 is 0 Å². The number of phenolic OH excluding ortho intramolecular Hbond substituents is 9. The van der Waals surface area contributed by atoms with E-state index in [1.165, 1.54) is 18.2 Å². The first-order valence-corrected chi connectivity index (χ1v) is 15.4. The van der Waals surface area contributed by atoms with E-state index in [-0.39, 0.29) is 63.5 Å². The average molecular weight is 717 g/mol. The van der Waals surface area contributed by atoms with Gasteiger partial charge in [-0.25, -0.2) is 4.79 Å². The van der Waals surface area contributed by atoms with Gasteiger partial charge < -0.3 is 70.4 Å². The monoisotopic (exact) mass is 716 g/mol. The van der Waals surface area contributed by atoms with Gasteiger partial charge in [0.05, 0.1) is 17.1 Å². The van der Waals surface area contributed by atoms with Gasteiger partial charge >= 0.3 is 5.97 Å². The Hall–Kier alpha value is -6.94. The molecule has 268 valence electrons. The Bertz CT molecular complexity index is 2370. The maximum absolute atomic E-state index is 13.4. The first kappa shape index (κ1) is 33.6. The number of hydrogen-bond donors (Lipinski definition) is 11. The number of benzene rings is 4. The zero-order valence-corrected chi connectivity index (χ0v) is 26.4. The fourth-order valence-electron chi connectivity index (χ4n) is 6.50. The number of ether oxygens (including phenoxy) is 3. The quantitative estimate of drug-likeness (QED) is 0.0940.